The normalized spacial score (nSPS) is 11.7. The quantitative estimate of drug-likeness (QED) is 0.623. The zero-order valence-electron chi connectivity index (χ0n) is 19.4. The van der Waals surface area contributed by atoms with E-state index in [4.69, 9.17) is 9.47 Å². The molecule has 168 valence electrons. The van der Waals surface area contributed by atoms with Crippen molar-refractivity contribution in [2.24, 2.45) is 0 Å². The maximum Gasteiger partial charge on any atom is 0.261 e. The van der Waals surface area contributed by atoms with Gasteiger partial charge in [-0.1, -0.05) is 25.1 Å². The van der Waals surface area contributed by atoms with Crippen LogP contribution in [-0.2, 0) is 16.1 Å². The standard InChI is InChI=1S/C25H34N2O4/c1-7-23(25(29)26-17(2)3)27(15-20-8-10-21(30-6)11-9-20)24(28)16-31-22-13-18(4)12-19(5)14-22/h8-14,17,23H,7,15-16H2,1-6H3,(H,26,29)/t23-/m0/s1. The van der Waals surface area contributed by atoms with Gasteiger partial charge in [-0.3, -0.25) is 9.59 Å². The van der Waals surface area contributed by atoms with E-state index in [1.165, 1.54) is 0 Å². The molecule has 0 spiro atoms. The van der Waals surface area contributed by atoms with Gasteiger partial charge in [0.1, 0.15) is 17.5 Å². The van der Waals surface area contributed by atoms with Crippen LogP contribution in [0.1, 0.15) is 43.9 Å². The largest absolute Gasteiger partial charge is 0.497 e. The molecule has 2 aromatic rings. The Kier molecular flexibility index (Phi) is 8.91. The third-order valence-electron chi connectivity index (χ3n) is 4.89. The minimum atomic E-state index is -0.583. The van der Waals surface area contributed by atoms with Gasteiger partial charge >= 0.3 is 0 Å². The molecule has 0 heterocycles. The fraction of sp³-hybridized carbons (Fsp3) is 0.440. The Balaban J connectivity index is 2.23. The zero-order chi connectivity index (χ0) is 23.0. The maximum atomic E-state index is 13.2. The monoisotopic (exact) mass is 426 g/mol. The highest BCUT2D eigenvalue weighted by molar-refractivity contribution is 5.88. The molecule has 6 heteroatoms. The Labute approximate surface area is 185 Å². The summed E-state index contributed by atoms with van der Waals surface area (Å²) in [5.41, 5.74) is 3.05. The highest BCUT2D eigenvalue weighted by Gasteiger charge is 2.29. The highest BCUT2D eigenvalue weighted by atomic mass is 16.5. The number of nitrogens with zero attached hydrogens (tertiary/aromatic N) is 1. The number of amides is 2. The lowest BCUT2D eigenvalue weighted by Gasteiger charge is -2.31. The van der Waals surface area contributed by atoms with E-state index in [0.29, 0.717) is 18.7 Å². The molecule has 2 aromatic carbocycles. The van der Waals surface area contributed by atoms with Gasteiger partial charge in [-0.15, -0.1) is 0 Å². The molecular weight excluding hydrogens is 392 g/mol. The van der Waals surface area contributed by atoms with E-state index in [1.807, 2.05) is 77.1 Å². The fourth-order valence-electron chi connectivity index (χ4n) is 3.47. The summed E-state index contributed by atoms with van der Waals surface area (Å²) < 4.78 is 11.0. The second-order valence-electron chi connectivity index (χ2n) is 8.07. The summed E-state index contributed by atoms with van der Waals surface area (Å²) in [5, 5.41) is 2.93. The molecule has 0 saturated heterocycles. The minimum absolute atomic E-state index is 0.00833. The summed E-state index contributed by atoms with van der Waals surface area (Å²) in [5.74, 6) is 0.991. The first-order valence-electron chi connectivity index (χ1n) is 10.7. The molecule has 1 atom stereocenters. The van der Waals surface area contributed by atoms with Crippen LogP contribution in [0, 0.1) is 13.8 Å². The lowest BCUT2D eigenvalue weighted by molar-refractivity contribution is -0.143. The lowest BCUT2D eigenvalue weighted by Crippen LogP contribution is -2.51. The third-order valence-corrected chi connectivity index (χ3v) is 4.89. The molecule has 0 saturated carbocycles. The van der Waals surface area contributed by atoms with Gasteiger partial charge in [0, 0.05) is 12.6 Å². The predicted molar refractivity (Wildman–Crippen MR) is 122 cm³/mol. The number of aryl methyl sites for hydroxylation is 2. The molecular formula is C25H34N2O4. The predicted octanol–water partition coefficient (Wildman–Crippen LogP) is 4.02. The number of rotatable bonds is 10. The number of benzene rings is 2. The molecule has 0 aliphatic rings. The maximum absolute atomic E-state index is 13.2. The molecule has 0 radical (unpaired) electrons. The van der Waals surface area contributed by atoms with Crippen LogP contribution in [0.2, 0.25) is 0 Å². The van der Waals surface area contributed by atoms with Crippen LogP contribution in [0.4, 0.5) is 0 Å². The number of methoxy groups -OCH3 is 1. The number of hydrogen-bond donors (Lipinski definition) is 1. The number of carbonyl (C=O) groups is 2. The van der Waals surface area contributed by atoms with Gasteiger partial charge in [-0.05, 0) is 75.1 Å². The molecule has 6 nitrogen and oxygen atoms in total. The van der Waals surface area contributed by atoms with Crippen LogP contribution < -0.4 is 14.8 Å². The van der Waals surface area contributed by atoms with Crippen molar-refractivity contribution in [1.82, 2.24) is 10.2 Å². The molecule has 1 N–H and O–H groups in total. The molecule has 0 aliphatic heterocycles. The van der Waals surface area contributed by atoms with Crippen LogP contribution in [0.5, 0.6) is 11.5 Å². The summed E-state index contributed by atoms with van der Waals surface area (Å²) in [4.78, 5) is 27.6. The Bertz CT molecular complexity index is 857. The summed E-state index contributed by atoms with van der Waals surface area (Å²) in [6, 6.07) is 12.7. The summed E-state index contributed by atoms with van der Waals surface area (Å²) in [7, 11) is 1.61. The Morgan fingerprint density at radius 3 is 2.13 bits per heavy atom. The van der Waals surface area contributed by atoms with Crippen molar-refractivity contribution in [2.45, 2.75) is 59.7 Å². The van der Waals surface area contributed by atoms with Crippen molar-refractivity contribution in [2.75, 3.05) is 13.7 Å². The zero-order valence-corrected chi connectivity index (χ0v) is 19.4. The first-order valence-corrected chi connectivity index (χ1v) is 10.7. The van der Waals surface area contributed by atoms with Crippen LogP contribution >= 0.6 is 0 Å². The number of carbonyl (C=O) groups excluding carboxylic acids is 2. The van der Waals surface area contributed by atoms with Gasteiger partial charge < -0.3 is 19.7 Å². The van der Waals surface area contributed by atoms with E-state index < -0.39 is 6.04 Å². The third kappa shape index (κ3) is 7.31. The van der Waals surface area contributed by atoms with E-state index in [1.54, 1.807) is 12.0 Å². The first kappa shape index (κ1) is 24.3. The second-order valence-corrected chi connectivity index (χ2v) is 8.07. The van der Waals surface area contributed by atoms with Crippen LogP contribution in [0.15, 0.2) is 42.5 Å². The Hall–Kier alpha value is -3.02. The SMILES string of the molecule is CC[C@@H](C(=O)NC(C)C)N(Cc1ccc(OC)cc1)C(=O)COc1cc(C)cc(C)c1. The molecule has 2 amide bonds. The number of ether oxygens (including phenoxy) is 2. The van der Waals surface area contributed by atoms with E-state index in [9.17, 15) is 9.59 Å². The van der Waals surface area contributed by atoms with E-state index in [2.05, 4.69) is 5.32 Å². The van der Waals surface area contributed by atoms with Crippen LogP contribution in [0.3, 0.4) is 0 Å². The Morgan fingerprint density at radius 2 is 1.61 bits per heavy atom. The van der Waals surface area contributed by atoms with E-state index in [-0.39, 0.29) is 24.5 Å². The van der Waals surface area contributed by atoms with Crippen molar-refractivity contribution in [3.63, 3.8) is 0 Å². The van der Waals surface area contributed by atoms with Crippen molar-refractivity contribution >= 4 is 11.8 Å². The van der Waals surface area contributed by atoms with Gasteiger partial charge in [-0.25, -0.2) is 0 Å². The van der Waals surface area contributed by atoms with Gasteiger partial charge in [0.25, 0.3) is 5.91 Å². The average Bonchev–Trinajstić information content (AvgIpc) is 2.71. The minimum Gasteiger partial charge on any atom is -0.497 e. The van der Waals surface area contributed by atoms with Crippen molar-refractivity contribution in [3.05, 3.63) is 59.2 Å². The van der Waals surface area contributed by atoms with E-state index >= 15 is 0 Å². The first-order chi connectivity index (χ1) is 14.7. The summed E-state index contributed by atoms with van der Waals surface area (Å²) in [6.45, 7) is 9.87. The molecule has 0 aromatic heterocycles. The van der Waals surface area contributed by atoms with Gasteiger partial charge in [0.15, 0.2) is 6.61 Å². The second kappa shape index (κ2) is 11.4. The van der Waals surface area contributed by atoms with Gasteiger partial charge in [-0.2, -0.15) is 0 Å². The molecule has 2 rings (SSSR count). The van der Waals surface area contributed by atoms with Crippen LogP contribution in [-0.4, -0.2) is 42.5 Å². The fourth-order valence-corrected chi connectivity index (χ4v) is 3.47. The molecule has 0 unspecified atom stereocenters. The van der Waals surface area contributed by atoms with Crippen LogP contribution in [0.25, 0.3) is 0 Å². The molecule has 0 aliphatic carbocycles. The van der Waals surface area contributed by atoms with Crippen molar-refractivity contribution in [3.8, 4) is 11.5 Å². The highest BCUT2D eigenvalue weighted by Crippen LogP contribution is 2.19. The van der Waals surface area contributed by atoms with Gasteiger partial charge in [0.2, 0.25) is 5.91 Å². The van der Waals surface area contributed by atoms with Gasteiger partial charge in [0.05, 0.1) is 7.11 Å². The van der Waals surface area contributed by atoms with E-state index in [0.717, 1.165) is 22.4 Å². The summed E-state index contributed by atoms with van der Waals surface area (Å²) >= 11 is 0. The number of hydrogen-bond acceptors (Lipinski definition) is 4. The topological polar surface area (TPSA) is 67.9 Å². The van der Waals surface area contributed by atoms with Crippen molar-refractivity contribution in [1.29, 1.82) is 0 Å². The molecule has 0 bridgehead atoms. The Morgan fingerprint density at radius 1 is 1.00 bits per heavy atom. The van der Waals surface area contributed by atoms with Crippen molar-refractivity contribution < 1.29 is 19.1 Å². The lowest BCUT2D eigenvalue weighted by atomic mass is 10.1. The average molecular weight is 427 g/mol. The number of nitrogens with one attached hydrogen (secondary N) is 1. The molecule has 0 fully saturated rings. The molecule has 31 heavy (non-hydrogen) atoms. The summed E-state index contributed by atoms with van der Waals surface area (Å²) in [6.07, 6.45) is 0.504. The smallest absolute Gasteiger partial charge is 0.261 e.